The van der Waals surface area contributed by atoms with E-state index in [0.717, 1.165) is 12.8 Å². The van der Waals surface area contributed by atoms with Crippen molar-refractivity contribution in [2.45, 2.75) is 18.9 Å². The Balaban J connectivity index is 2.31. The highest BCUT2D eigenvalue weighted by molar-refractivity contribution is 8.09. The van der Waals surface area contributed by atoms with Crippen LogP contribution < -0.4 is 5.32 Å². The van der Waals surface area contributed by atoms with E-state index in [0.29, 0.717) is 5.41 Å². The Bertz CT molecular complexity index is 444. The summed E-state index contributed by atoms with van der Waals surface area (Å²) in [5, 5.41) is 11.3. The summed E-state index contributed by atoms with van der Waals surface area (Å²) in [6, 6.07) is 0.0359. The molecule has 0 atom stereocenters. The SMILES string of the molecule is O=C(O)C1=CS(=O)(=O)C(=NC2CC2)N1. The fraction of sp³-hybridized carbons (Fsp3) is 0.429. The van der Waals surface area contributed by atoms with E-state index in [2.05, 4.69) is 10.3 Å². The third kappa shape index (κ3) is 1.63. The molecule has 14 heavy (non-hydrogen) atoms. The van der Waals surface area contributed by atoms with E-state index in [1.807, 2.05) is 0 Å². The van der Waals surface area contributed by atoms with Gasteiger partial charge in [0, 0.05) is 0 Å². The summed E-state index contributed by atoms with van der Waals surface area (Å²) in [5.74, 6) is -1.30. The summed E-state index contributed by atoms with van der Waals surface area (Å²) in [6.07, 6.45) is 1.73. The molecule has 2 N–H and O–H groups in total. The van der Waals surface area contributed by atoms with Gasteiger partial charge in [-0.3, -0.25) is 4.99 Å². The van der Waals surface area contributed by atoms with Crippen LogP contribution in [0.3, 0.4) is 0 Å². The lowest BCUT2D eigenvalue weighted by atomic mass is 10.5. The minimum Gasteiger partial charge on any atom is -0.477 e. The van der Waals surface area contributed by atoms with Gasteiger partial charge in [0.1, 0.15) is 5.70 Å². The molecular formula is C7H8N2O4S. The smallest absolute Gasteiger partial charge is 0.353 e. The van der Waals surface area contributed by atoms with Crippen molar-refractivity contribution >= 4 is 21.0 Å². The standard InChI is InChI=1S/C7H8N2O4S/c10-6(11)5-3-14(12,13)7(9-5)8-4-1-2-4/h3-4H,1-2H2,(H,8,9)(H,10,11). The Hall–Kier alpha value is -1.37. The molecule has 76 valence electrons. The van der Waals surface area contributed by atoms with Gasteiger partial charge in [0.25, 0.3) is 0 Å². The zero-order valence-electron chi connectivity index (χ0n) is 7.10. The summed E-state index contributed by atoms with van der Waals surface area (Å²) in [5.41, 5.74) is -0.343. The Morgan fingerprint density at radius 1 is 1.57 bits per heavy atom. The molecule has 7 heteroatoms. The van der Waals surface area contributed by atoms with E-state index in [1.54, 1.807) is 0 Å². The van der Waals surface area contributed by atoms with Gasteiger partial charge in [-0.25, -0.2) is 13.2 Å². The number of aliphatic carboxylic acids is 1. The summed E-state index contributed by atoms with van der Waals surface area (Å²) in [7, 11) is -3.64. The number of nitrogens with zero attached hydrogens (tertiary/aromatic N) is 1. The van der Waals surface area contributed by atoms with E-state index >= 15 is 0 Å². The molecule has 2 rings (SSSR count). The highest BCUT2D eigenvalue weighted by Gasteiger charge is 2.32. The van der Waals surface area contributed by atoms with Crippen molar-refractivity contribution in [3.05, 3.63) is 11.1 Å². The molecule has 0 saturated heterocycles. The summed E-state index contributed by atoms with van der Waals surface area (Å²) in [4.78, 5) is 14.4. The van der Waals surface area contributed by atoms with Gasteiger partial charge in [-0.1, -0.05) is 0 Å². The molecular weight excluding hydrogens is 208 g/mol. The number of hydrogen-bond donors (Lipinski definition) is 2. The molecule has 0 aromatic heterocycles. The first-order valence-corrected chi connectivity index (χ1v) is 5.58. The van der Waals surface area contributed by atoms with Gasteiger partial charge < -0.3 is 10.4 Å². The molecule has 0 spiro atoms. The van der Waals surface area contributed by atoms with Gasteiger partial charge in [-0.15, -0.1) is 0 Å². The third-order valence-corrected chi connectivity index (χ3v) is 3.15. The maximum atomic E-state index is 11.3. The third-order valence-electron chi connectivity index (χ3n) is 1.86. The van der Waals surface area contributed by atoms with Crippen LogP contribution in [0.1, 0.15) is 12.8 Å². The number of carbonyl (C=O) groups is 1. The van der Waals surface area contributed by atoms with E-state index in [4.69, 9.17) is 5.11 Å². The van der Waals surface area contributed by atoms with Crippen LogP contribution in [-0.2, 0) is 14.6 Å². The minimum absolute atomic E-state index is 0.0359. The quantitative estimate of drug-likeness (QED) is 0.645. The second-order valence-electron chi connectivity index (χ2n) is 3.17. The van der Waals surface area contributed by atoms with Gasteiger partial charge >= 0.3 is 5.97 Å². The molecule has 0 unspecified atom stereocenters. The lowest BCUT2D eigenvalue weighted by Crippen LogP contribution is -2.25. The molecule has 1 aliphatic heterocycles. The number of carboxylic acids is 1. The normalized spacial score (nSPS) is 27.1. The van der Waals surface area contributed by atoms with Crippen LogP contribution in [0, 0.1) is 0 Å². The molecule has 0 bridgehead atoms. The Morgan fingerprint density at radius 3 is 2.64 bits per heavy atom. The van der Waals surface area contributed by atoms with Crippen molar-refractivity contribution in [1.82, 2.24) is 5.32 Å². The minimum atomic E-state index is -3.64. The van der Waals surface area contributed by atoms with Gasteiger partial charge in [0.2, 0.25) is 15.0 Å². The second kappa shape index (κ2) is 2.81. The Kier molecular flexibility index (Phi) is 1.84. The van der Waals surface area contributed by atoms with Crippen molar-refractivity contribution in [3.8, 4) is 0 Å². The van der Waals surface area contributed by atoms with E-state index in [9.17, 15) is 13.2 Å². The lowest BCUT2D eigenvalue weighted by molar-refractivity contribution is -0.132. The first-order valence-electron chi connectivity index (χ1n) is 4.04. The van der Waals surface area contributed by atoms with E-state index < -0.39 is 15.8 Å². The van der Waals surface area contributed by atoms with Crippen LogP contribution in [0.15, 0.2) is 16.1 Å². The lowest BCUT2D eigenvalue weighted by Gasteiger charge is -1.97. The molecule has 1 heterocycles. The van der Waals surface area contributed by atoms with Crippen LogP contribution in [0.5, 0.6) is 0 Å². The van der Waals surface area contributed by atoms with Crippen LogP contribution >= 0.6 is 0 Å². The Labute approximate surface area is 80.3 Å². The molecule has 6 nitrogen and oxygen atoms in total. The number of sulfone groups is 1. The molecule has 0 aromatic carbocycles. The van der Waals surface area contributed by atoms with E-state index in [-0.39, 0.29) is 16.9 Å². The van der Waals surface area contributed by atoms with Crippen molar-refractivity contribution in [3.63, 3.8) is 0 Å². The molecule has 0 radical (unpaired) electrons. The number of amidine groups is 1. The average Bonchev–Trinajstić information content (AvgIpc) is 2.79. The zero-order chi connectivity index (χ0) is 10.3. The number of rotatable bonds is 2. The predicted molar refractivity (Wildman–Crippen MR) is 48.2 cm³/mol. The number of nitrogens with one attached hydrogen (secondary N) is 1. The van der Waals surface area contributed by atoms with Crippen LogP contribution in [0.4, 0.5) is 0 Å². The molecule has 0 aromatic rings. The zero-order valence-corrected chi connectivity index (χ0v) is 7.91. The summed E-state index contributed by atoms with van der Waals surface area (Å²) in [6.45, 7) is 0. The number of aliphatic imine (C=N–C) groups is 1. The number of hydrogen-bond acceptors (Lipinski definition) is 4. The van der Waals surface area contributed by atoms with Gasteiger partial charge in [-0.05, 0) is 12.8 Å². The maximum Gasteiger partial charge on any atom is 0.353 e. The fourth-order valence-corrected chi connectivity index (χ4v) is 2.14. The van der Waals surface area contributed by atoms with Crippen LogP contribution in [0.2, 0.25) is 0 Å². The highest BCUT2D eigenvalue weighted by Crippen LogP contribution is 2.25. The first-order chi connectivity index (χ1) is 6.49. The van der Waals surface area contributed by atoms with Crippen LogP contribution in [0.25, 0.3) is 0 Å². The number of carboxylic acid groups (broad SMARTS) is 1. The maximum absolute atomic E-state index is 11.3. The molecule has 0 amide bonds. The van der Waals surface area contributed by atoms with Gasteiger partial charge in [0.15, 0.2) is 0 Å². The fourth-order valence-electron chi connectivity index (χ4n) is 1.01. The van der Waals surface area contributed by atoms with E-state index in [1.165, 1.54) is 0 Å². The molecule has 2 aliphatic rings. The van der Waals surface area contributed by atoms with Crippen LogP contribution in [-0.4, -0.2) is 30.7 Å². The Morgan fingerprint density at radius 2 is 2.21 bits per heavy atom. The van der Waals surface area contributed by atoms with Gasteiger partial charge in [0.05, 0.1) is 11.4 Å². The summed E-state index contributed by atoms with van der Waals surface area (Å²) >= 11 is 0. The average molecular weight is 216 g/mol. The highest BCUT2D eigenvalue weighted by atomic mass is 32.2. The topological polar surface area (TPSA) is 95.8 Å². The molecule has 1 fully saturated rings. The van der Waals surface area contributed by atoms with Crippen molar-refractivity contribution in [2.24, 2.45) is 4.99 Å². The predicted octanol–water partition coefficient (Wildman–Crippen LogP) is -0.551. The molecule has 1 aliphatic carbocycles. The second-order valence-corrected chi connectivity index (χ2v) is 4.88. The van der Waals surface area contributed by atoms with Crippen molar-refractivity contribution < 1.29 is 18.3 Å². The largest absolute Gasteiger partial charge is 0.477 e. The first kappa shape index (κ1) is 9.20. The van der Waals surface area contributed by atoms with Gasteiger partial charge in [-0.2, -0.15) is 0 Å². The van der Waals surface area contributed by atoms with Crippen molar-refractivity contribution in [1.29, 1.82) is 0 Å². The summed E-state index contributed by atoms with van der Waals surface area (Å²) < 4.78 is 22.6. The van der Waals surface area contributed by atoms with Crippen molar-refractivity contribution in [2.75, 3.05) is 0 Å². The monoisotopic (exact) mass is 216 g/mol. The molecule has 1 saturated carbocycles.